The zero-order chi connectivity index (χ0) is 28.6. The number of likely N-dealkylation sites (tertiary alicyclic amines) is 2. The molecule has 0 spiro atoms. The summed E-state index contributed by atoms with van der Waals surface area (Å²) in [5.74, 6) is 0.284. The van der Waals surface area contributed by atoms with Crippen molar-refractivity contribution in [2.75, 3.05) is 39.8 Å². The van der Waals surface area contributed by atoms with Crippen LogP contribution in [0.1, 0.15) is 42.7 Å². The number of carbonyl (C=O) groups is 3. The van der Waals surface area contributed by atoms with Gasteiger partial charge in [-0.3, -0.25) is 14.6 Å². The van der Waals surface area contributed by atoms with Crippen LogP contribution < -0.4 is 16.0 Å². The van der Waals surface area contributed by atoms with Gasteiger partial charge in [0.1, 0.15) is 11.8 Å². The highest BCUT2D eigenvalue weighted by Crippen LogP contribution is 2.34. The number of pyridine rings is 1. The van der Waals surface area contributed by atoms with Gasteiger partial charge in [0.25, 0.3) is 0 Å². The van der Waals surface area contributed by atoms with Crippen molar-refractivity contribution in [3.8, 4) is 5.75 Å². The Bertz CT molecular complexity index is 1160. The molecule has 0 saturated carbocycles. The highest BCUT2D eigenvalue weighted by molar-refractivity contribution is 9.11. The predicted octanol–water partition coefficient (Wildman–Crippen LogP) is 3.14. The molecule has 1 atom stereocenters. The van der Waals surface area contributed by atoms with E-state index >= 15 is 0 Å². The number of hydrogen-bond donors (Lipinski definition) is 4. The van der Waals surface area contributed by atoms with Crippen molar-refractivity contribution in [3.05, 3.63) is 56.7 Å². The number of phenols is 1. The van der Waals surface area contributed by atoms with Gasteiger partial charge in [0, 0.05) is 58.1 Å². The minimum Gasteiger partial charge on any atom is -0.506 e. The number of nitrogens with one attached hydrogen (secondary N) is 3. The zero-order valence-corrected chi connectivity index (χ0v) is 25.7. The second-order valence-electron chi connectivity index (χ2n) is 10.3. The van der Waals surface area contributed by atoms with Crippen LogP contribution in [0.2, 0.25) is 0 Å². The van der Waals surface area contributed by atoms with Crippen LogP contribution in [0.25, 0.3) is 0 Å². The highest BCUT2D eigenvalue weighted by atomic mass is 79.9. The number of halogens is 2. The van der Waals surface area contributed by atoms with Crippen LogP contribution in [0.15, 0.2) is 45.6 Å². The molecule has 0 radical (unpaired) electrons. The first-order valence-corrected chi connectivity index (χ1v) is 15.2. The molecule has 2 aromatic rings. The van der Waals surface area contributed by atoms with Crippen molar-refractivity contribution in [3.63, 3.8) is 0 Å². The van der Waals surface area contributed by atoms with Gasteiger partial charge in [-0.2, -0.15) is 0 Å². The Hall–Kier alpha value is -2.70. The Kier molecular flexibility index (Phi) is 10.8. The Labute approximate surface area is 251 Å². The minimum absolute atomic E-state index is 0.0705. The molecular weight excluding hydrogens is 644 g/mol. The molecular formula is C28H36Br2N6O4. The number of phenolic OH excluding ortho intramolecular Hbond substituents is 1. The van der Waals surface area contributed by atoms with Crippen LogP contribution in [-0.4, -0.2) is 89.6 Å². The number of aromatic nitrogens is 1. The Balaban J connectivity index is 1.41. The lowest BCUT2D eigenvalue weighted by atomic mass is 9.89. The quantitative estimate of drug-likeness (QED) is 0.340. The van der Waals surface area contributed by atoms with Crippen molar-refractivity contribution in [1.29, 1.82) is 0 Å². The van der Waals surface area contributed by atoms with Crippen LogP contribution in [0.5, 0.6) is 5.75 Å². The number of rotatable bonds is 8. The van der Waals surface area contributed by atoms with E-state index in [1.54, 1.807) is 36.5 Å². The smallest absolute Gasteiger partial charge is 0.318 e. The molecule has 2 fully saturated rings. The normalized spacial score (nSPS) is 17.4. The number of likely N-dealkylation sites (N-methyl/N-ethyl adjacent to an activating group) is 1. The summed E-state index contributed by atoms with van der Waals surface area (Å²) >= 11 is 6.74. The Morgan fingerprint density at radius 1 is 1.00 bits per heavy atom. The van der Waals surface area contributed by atoms with Gasteiger partial charge in [-0.1, -0.05) is 0 Å². The van der Waals surface area contributed by atoms with Gasteiger partial charge in [-0.15, -0.1) is 0 Å². The topological polar surface area (TPSA) is 127 Å². The summed E-state index contributed by atoms with van der Waals surface area (Å²) in [6.07, 6.45) is 7.04. The minimum atomic E-state index is -0.752. The van der Waals surface area contributed by atoms with Gasteiger partial charge < -0.3 is 30.9 Å². The fraction of sp³-hybridized carbons (Fsp3) is 0.500. The maximum atomic E-state index is 13.8. The van der Waals surface area contributed by atoms with Crippen molar-refractivity contribution < 1.29 is 19.5 Å². The van der Waals surface area contributed by atoms with E-state index in [1.807, 2.05) is 17.0 Å². The van der Waals surface area contributed by atoms with E-state index in [-0.39, 0.29) is 42.6 Å². The molecule has 40 heavy (non-hydrogen) atoms. The molecule has 0 bridgehead atoms. The summed E-state index contributed by atoms with van der Waals surface area (Å²) in [6, 6.07) is 6.74. The average Bonchev–Trinajstić information content (AvgIpc) is 2.98. The number of carbonyl (C=O) groups excluding carboxylic acids is 3. The lowest BCUT2D eigenvalue weighted by Crippen LogP contribution is -2.56. The standard InChI is InChI=1S/C28H36Br2N6O4/c1-31-25(37)17-33-21-6-12-36(13-7-21)28(40)34-24(16-18-14-22(29)26(38)23(30)15-18)27(39)35-10-4-20(5-11-35)19-2-8-32-9-3-19/h2-3,8-9,14-15,20-21,24,33,38H,4-7,10-13,16-17H2,1H3,(H,31,37)(H,34,40)/t24-/m1/s1. The largest absolute Gasteiger partial charge is 0.506 e. The molecule has 10 nitrogen and oxygen atoms in total. The van der Waals surface area contributed by atoms with Gasteiger partial charge in [0.15, 0.2) is 0 Å². The molecule has 0 unspecified atom stereocenters. The second kappa shape index (κ2) is 14.3. The van der Waals surface area contributed by atoms with E-state index in [1.165, 1.54) is 5.56 Å². The SMILES string of the molecule is CNC(=O)CNC1CCN(C(=O)N[C@H](Cc2cc(Br)c(O)c(Br)c2)C(=O)N2CCC(c3ccncc3)CC2)CC1. The molecule has 4 N–H and O–H groups in total. The number of nitrogens with zero attached hydrogens (tertiary/aromatic N) is 3. The summed E-state index contributed by atoms with van der Waals surface area (Å²) < 4.78 is 1.03. The third-order valence-corrected chi connectivity index (χ3v) is 8.92. The van der Waals surface area contributed by atoms with Crippen molar-refractivity contribution in [2.45, 2.75) is 50.1 Å². The lowest BCUT2D eigenvalue weighted by molar-refractivity contribution is -0.134. The number of hydrogen-bond acceptors (Lipinski definition) is 6. The number of piperidine rings is 2. The van der Waals surface area contributed by atoms with E-state index in [0.29, 0.717) is 41.0 Å². The monoisotopic (exact) mass is 678 g/mol. The number of aromatic hydroxyl groups is 1. The van der Waals surface area contributed by atoms with E-state index in [9.17, 15) is 19.5 Å². The van der Waals surface area contributed by atoms with Gasteiger partial charge in [0.05, 0.1) is 15.5 Å². The van der Waals surface area contributed by atoms with E-state index < -0.39 is 6.04 Å². The lowest BCUT2D eigenvalue weighted by Gasteiger charge is -2.36. The molecule has 216 valence electrons. The molecule has 3 heterocycles. The van der Waals surface area contributed by atoms with Crippen molar-refractivity contribution in [1.82, 2.24) is 30.7 Å². The van der Waals surface area contributed by atoms with Crippen LogP contribution in [0.4, 0.5) is 4.79 Å². The van der Waals surface area contributed by atoms with Gasteiger partial charge in [-0.25, -0.2) is 4.79 Å². The molecule has 4 amide bonds. The molecule has 2 aliphatic rings. The maximum Gasteiger partial charge on any atom is 0.318 e. The molecule has 1 aromatic carbocycles. The van der Waals surface area contributed by atoms with Gasteiger partial charge in [0.2, 0.25) is 11.8 Å². The zero-order valence-electron chi connectivity index (χ0n) is 22.5. The predicted molar refractivity (Wildman–Crippen MR) is 159 cm³/mol. The molecule has 4 rings (SSSR count). The number of urea groups is 1. The summed E-state index contributed by atoms with van der Waals surface area (Å²) in [7, 11) is 1.60. The van der Waals surface area contributed by atoms with Crippen LogP contribution in [-0.2, 0) is 16.0 Å². The Morgan fingerprint density at radius 3 is 2.20 bits per heavy atom. The first kappa shape index (κ1) is 30.3. The first-order valence-electron chi connectivity index (χ1n) is 13.6. The maximum absolute atomic E-state index is 13.8. The summed E-state index contributed by atoms with van der Waals surface area (Å²) in [5.41, 5.74) is 2.04. The van der Waals surface area contributed by atoms with Gasteiger partial charge in [-0.05, 0) is 98.9 Å². The fourth-order valence-corrected chi connectivity index (χ4v) is 6.59. The first-order chi connectivity index (χ1) is 19.2. The second-order valence-corrected chi connectivity index (χ2v) is 12.0. The third-order valence-electron chi connectivity index (χ3n) is 7.71. The van der Waals surface area contributed by atoms with Crippen molar-refractivity contribution >= 4 is 49.7 Å². The van der Waals surface area contributed by atoms with E-state index in [2.05, 4.69) is 52.8 Å². The Morgan fingerprint density at radius 2 is 1.60 bits per heavy atom. The fourth-order valence-electron chi connectivity index (χ4n) is 5.31. The van der Waals surface area contributed by atoms with Crippen LogP contribution in [0, 0.1) is 0 Å². The summed E-state index contributed by atoms with van der Waals surface area (Å²) in [6.45, 7) is 2.55. The molecule has 0 aliphatic carbocycles. The summed E-state index contributed by atoms with van der Waals surface area (Å²) in [4.78, 5) is 46.3. The number of amides is 4. The summed E-state index contributed by atoms with van der Waals surface area (Å²) in [5, 5.41) is 19.0. The number of benzene rings is 1. The third kappa shape index (κ3) is 7.94. The van der Waals surface area contributed by atoms with Crippen LogP contribution >= 0.6 is 31.9 Å². The highest BCUT2D eigenvalue weighted by Gasteiger charge is 2.32. The van der Waals surface area contributed by atoms with E-state index in [0.717, 1.165) is 31.2 Å². The molecule has 12 heteroatoms. The van der Waals surface area contributed by atoms with Crippen LogP contribution in [0.3, 0.4) is 0 Å². The van der Waals surface area contributed by atoms with E-state index in [4.69, 9.17) is 0 Å². The molecule has 1 aromatic heterocycles. The molecule has 2 aliphatic heterocycles. The van der Waals surface area contributed by atoms with Gasteiger partial charge >= 0.3 is 6.03 Å². The average molecular weight is 680 g/mol. The molecule has 2 saturated heterocycles. The van der Waals surface area contributed by atoms with Crippen molar-refractivity contribution in [2.24, 2.45) is 0 Å².